The lowest BCUT2D eigenvalue weighted by atomic mass is 10.0. The molecule has 4 aromatic rings. The topological polar surface area (TPSA) is 86.8 Å². The Hall–Kier alpha value is -3.27. The monoisotopic (exact) mass is 719 g/mol. The maximum absolute atomic E-state index is 14.5. The summed E-state index contributed by atoms with van der Waals surface area (Å²) in [6.45, 7) is 3.36. The Morgan fingerprint density at radius 2 is 1.48 bits per heavy atom. The number of rotatable bonds is 13. The first-order chi connectivity index (χ1) is 21.9. The molecule has 0 bridgehead atoms. The van der Waals surface area contributed by atoms with Crippen molar-refractivity contribution < 1.29 is 18.0 Å². The fraction of sp³-hybridized carbons (Fsp3) is 0.235. The number of hydrogen-bond donors (Lipinski definition) is 1. The summed E-state index contributed by atoms with van der Waals surface area (Å²) in [5.41, 5.74) is 2.20. The van der Waals surface area contributed by atoms with Crippen molar-refractivity contribution in [2.75, 3.05) is 17.4 Å². The molecule has 0 saturated heterocycles. The lowest BCUT2D eigenvalue weighted by Gasteiger charge is -2.34. The van der Waals surface area contributed by atoms with Crippen LogP contribution in [0.2, 0.25) is 20.1 Å². The van der Waals surface area contributed by atoms with Crippen molar-refractivity contribution in [1.29, 1.82) is 0 Å². The highest BCUT2D eigenvalue weighted by Gasteiger charge is 2.35. The van der Waals surface area contributed by atoms with Crippen LogP contribution in [0.25, 0.3) is 0 Å². The Morgan fingerprint density at radius 3 is 2.13 bits per heavy atom. The summed E-state index contributed by atoms with van der Waals surface area (Å²) in [4.78, 5) is 29.6. The summed E-state index contributed by atoms with van der Waals surface area (Å²) in [5, 5.41) is 3.89. The summed E-state index contributed by atoms with van der Waals surface area (Å²) in [6, 6.07) is 23.7. The molecular weight excluding hydrogens is 688 g/mol. The highest BCUT2D eigenvalue weighted by Crippen LogP contribution is 2.34. The maximum Gasteiger partial charge on any atom is 0.264 e. The number of aryl methyl sites for hydroxylation is 1. The van der Waals surface area contributed by atoms with Crippen molar-refractivity contribution in [3.05, 3.63) is 128 Å². The number of carbonyl (C=O) groups excluding carboxylic acids is 2. The van der Waals surface area contributed by atoms with Gasteiger partial charge in [0.05, 0.1) is 15.6 Å². The molecule has 12 heteroatoms. The second-order valence-electron chi connectivity index (χ2n) is 10.7. The van der Waals surface area contributed by atoms with Crippen molar-refractivity contribution in [2.45, 2.75) is 44.2 Å². The van der Waals surface area contributed by atoms with E-state index in [1.807, 2.05) is 44.2 Å². The highest BCUT2D eigenvalue weighted by atomic mass is 35.5. The molecule has 1 unspecified atom stereocenters. The van der Waals surface area contributed by atoms with Crippen LogP contribution < -0.4 is 9.62 Å². The Morgan fingerprint density at radius 1 is 0.826 bits per heavy atom. The summed E-state index contributed by atoms with van der Waals surface area (Å²) in [7, 11) is -4.35. The van der Waals surface area contributed by atoms with Crippen LogP contribution in [0, 0.1) is 6.92 Å². The first kappa shape index (κ1) is 35.6. The van der Waals surface area contributed by atoms with Crippen LogP contribution in [-0.2, 0) is 32.6 Å². The molecule has 1 N–H and O–H groups in total. The fourth-order valence-corrected chi connectivity index (χ4v) is 7.11. The first-order valence-electron chi connectivity index (χ1n) is 14.5. The zero-order valence-corrected chi connectivity index (χ0v) is 29.1. The maximum atomic E-state index is 14.5. The summed E-state index contributed by atoms with van der Waals surface area (Å²) >= 11 is 25.5. The van der Waals surface area contributed by atoms with Crippen molar-refractivity contribution >= 4 is 73.9 Å². The average molecular weight is 722 g/mol. The Kier molecular flexibility index (Phi) is 12.4. The second kappa shape index (κ2) is 16.0. The number of halogens is 4. The normalized spacial score (nSPS) is 12.0. The van der Waals surface area contributed by atoms with Crippen molar-refractivity contribution in [1.82, 2.24) is 10.2 Å². The van der Waals surface area contributed by atoms with Crippen LogP contribution >= 0.6 is 46.4 Å². The molecule has 0 aliphatic rings. The van der Waals surface area contributed by atoms with E-state index in [1.54, 1.807) is 30.3 Å². The predicted molar refractivity (Wildman–Crippen MR) is 186 cm³/mol. The standard InChI is InChI=1S/C34H33Cl4N3O4S/c1-3-17-39-34(43)32(18-24-7-5-4-6-8-24)40(21-25-11-12-26(35)19-30(25)38)33(42)22-41(31-20-27(36)13-16-29(31)37)46(44,45)28-14-9-23(2)10-15-28/h4-16,19-20,32H,3,17-18,21-22H2,1-2H3,(H,39,43). The van der Waals surface area contributed by atoms with Gasteiger partial charge in [0.25, 0.3) is 10.0 Å². The van der Waals surface area contributed by atoms with Gasteiger partial charge in [-0.15, -0.1) is 0 Å². The Labute approximate surface area is 290 Å². The molecule has 0 saturated carbocycles. The number of benzene rings is 4. The molecular formula is C34H33Cl4N3O4S. The molecule has 0 aliphatic carbocycles. The summed E-state index contributed by atoms with van der Waals surface area (Å²) < 4.78 is 29.3. The molecule has 0 fully saturated rings. The molecule has 0 heterocycles. The van der Waals surface area contributed by atoms with Crippen LogP contribution in [0.1, 0.15) is 30.0 Å². The SMILES string of the molecule is CCCNC(=O)C(Cc1ccccc1)N(Cc1ccc(Cl)cc1Cl)C(=O)CN(c1cc(Cl)ccc1Cl)S(=O)(=O)c1ccc(C)cc1. The van der Waals surface area contributed by atoms with E-state index in [9.17, 15) is 18.0 Å². The third-order valence-corrected chi connectivity index (χ3v) is 10.2. The zero-order valence-electron chi connectivity index (χ0n) is 25.2. The largest absolute Gasteiger partial charge is 0.354 e. The number of nitrogens with zero attached hydrogens (tertiary/aromatic N) is 2. The van der Waals surface area contributed by atoms with Gasteiger partial charge in [0.15, 0.2) is 0 Å². The van der Waals surface area contributed by atoms with E-state index >= 15 is 0 Å². The Balaban J connectivity index is 1.85. The van der Waals surface area contributed by atoms with E-state index in [0.717, 1.165) is 15.4 Å². The van der Waals surface area contributed by atoms with Gasteiger partial charge < -0.3 is 10.2 Å². The quantitative estimate of drug-likeness (QED) is 0.152. The molecule has 46 heavy (non-hydrogen) atoms. The fourth-order valence-electron chi connectivity index (χ4n) is 4.78. The number of hydrogen-bond acceptors (Lipinski definition) is 4. The number of nitrogens with one attached hydrogen (secondary N) is 1. The minimum Gasteiger partial charge on any atom is -0.354 e. The van der Waals surface area contributed by atoms with E-state index in [-0.39, 0.29) is 33.6 Å². The van der Waals surface area contributed by atoms with Gasteiger partial charge in [0.1, 0.15) is 12.6 Å². The predicted octanol–water partition coefficient (Wildman–Crippen LogP) is 7.97. The van der Waals surface area contributed by atoms with E-state index in [2.05, 4.69) is 5.32 Å². The molecule has 4 aromatic carbocycles. The third kappa shape index (κ3) is 8.96. The van der Waals surface area contributed by atoms with Gasteiger partial charge in [-0.05, 0) is 66.9 Å². The lowest BCUT2D eigenvalue weighted by Crippen LogP contribution is -2.53. The van der Waals surface area contributed by atoms with Crippen molar-refractivity contribution in [2.24, 2.45) is 0 Å². The van der Waals surface area contributed by atoms with Gasteiger partial charge in [0, 0.05) is 34.6 Å². The van der Waals surface area contributed by atoms with Gasteiger partial charge in [-0.25, -0.2) is 8.42 Å². The molecule has 1 atom stereocenters. The third-order valence-electron chi connectivity index (χ3n) is 7.24. The number of anilines is 1. The van der Waals surface area contributed by atoms with Gasteiger partial charge in [-0.2, -0.15) is 0 Å². The zero-order chi connectivity index (χ0) is 33.4. The number of carbonyl (C=O) groups is 2. The van der Waals surface area contributed by atoms with Gasteiger partial charge >= 0.3 is 0 Å². The first-order valence-corrected chi connectivity index (χ1v) is 17.5. The van der Waals surface area contributed by atoms with E-state index in [0.29, 0.717) is 28.6 Å². The van der Waals surface area contributed by atoms with Crippen LogP contribution in [0.3, 0.4) is 0 Å². The van der Waals surface area contributed by atoms with E-state index in [1.165, 1.54) is 35.2 Å². The number of amides is 2. The molecule has 0 aliphatic heterocycles. The number of sulfonamides is 1. The minimum absolute atomic E-state index is 0.0163. The van der Waals surface area contributed by atoms with Crippen molar-refractivity contribution in [3.63, 3.8) is 0 Å². The molecule has 7 nitrogen and oxygen atoms in total. The minimum atomic E-state index is -4.35. The molecule has 0 spiro atoms. The molecule has 0 aromatic heterocycles. The molecule has 4 rings (SSSR count). The van der Waals surface area contributed by atoms with E-state index < -0.39 is 34.4 Å². The second-order valence-corrected chi connectivity index (χ2v) is 14.2. The average Bonchev–Trinajstić information content (AvgIpc) is 3.03. The molecule has 242 valence electrons. The van der Waals surface area contributed by atoms with Gasteiger partial charge in [-0.3, -0.25) is 13.9 Å². The van der Waals surface area contributed by atoms with Crippen LogP contribution in [0.15, 0.2) is 95.9 Å². The summed E-state index contributed by atoms with van der Waals surface area (Å²) in [5.74, 6) is -1.05. The van der Waals surface area contributed by atoms with Gasteiger partial charge in [-0.1, -0.05) is 107 Å². The lowest BCUT2D eigenvalue weighted by molar-refractivity contribution is -0.140. The van der Waals surface area contributed by atoms with Crippen molar-refractivity contribution in [3.8, 4) is 0 Å². The van der Waals surface area contributed by atoms with Crippen LogP contribution in [0.5, 0.6) is 0 Å². The summed E-state index contributed by atoms with van der Waals surface area (Å²) in [6.07, 6.45) is 0.840. The van der Waals surface area contributed by atoms with E-state index in [4.69, 9.17) is 46.4 Å². The smallest absolute Gasteiger partial charge is 0.264 e. The highest BCUT2D eigenvalue weighted by molar-refractivity contribution is 7.92. The molecule has 0 radical (unpaired) electrons. The van der Waals surface area contributed by atoms with Crippen LogP contribution in [-0.4, -0.2) is 44.3 Å². The van der Waals surface area contributed by atoms with Gasteiger partial charge in [0.2, 0.25) is 11.8 Å². The molecule has 2 amide bonds. The van der Waals surface area contributed by atoms with Crippen LogP contribution in [0.4, 0.5) is 5.69 Å². The Bertz CT molecular complexity index is 1790.